The Kier molecular flexibility index (Phi) is 3.75. The maximum Gasteiger partial charge on any atom is 0.313 e. The fourth-order valence-electron chi connectivity index (χ4n) is 2.84. The van der Waals surface area contributed by atoms with Crippen molar-refractivity contribution in [2.24, 2.45) is 5.41 Å². The lowest BCUT2D eigenvalue weighted by molar-refractivity contribution is -0.144. The number of aromatic nitrogens is 2. The molecule has 2 unspecified atom stereocenters. The molecule has 3 rings (SSSR count). The maximum atomic E-state index is 13.4. The van der Waals surface area contributed by atoms with Crippen LogP contribution in [0.25, 0.3) is 0 Å². The number of benzene rings is 1. The number of rotatable bonds is 5. The summed E-state index contributed by atoms with van der Waals surface area (Å²) >= 11 is 0. The van der Waals surface area contributed by atoms with E-state index in [2.05, 4.69) is 9.97 Å². The van der Waals surface area contributed by atoms with Crippen LogP contribution in [-0.4, -0.2) is 27.7 Å². The van der Waals surface area contributed by atoms with Gasteiger partial charge in [0.1, 0.15) is 23.7 Å². The lowest BCUT2D eigenvalue weighted by atomic mass is 10.00. The third kappa shape index (κ3) is 2.88. The van der Waals surface area contributed by atoms with Gasteiger partial charge in [0.2, 0.25) is 0 Å². The summed E-state index contributed by atoms with van der Waals surface area (Å²) < 4.78 is 19.0. The highest BCUT2D eigenvalue weighted by atomic mass is 19.1. The minimum absolute atomic E-state index is 0.0107. The molecule has 0 radical (unpaired) electrons. The van der Waals surface area contributed by atoms with Crippen molar-refractivity contribution >= 4 is 5.97 Å². The number of carboxylic acids is 1. The van der Waals surface area contributed by atoms with Gasteiger partial charge in [-0.3, -0.25) is 4.79 Å². The highest BCUT2D eigenvalue weighted by Crippen LogP contribution is 2.59. The van der Waals surface area contributed by atoms with Gasteiger partial charge in [-0.15, -0.1) is 0 Å². The molecule has 1 N–H and O–H groups in total. The molecule has 1 aromatic heterocycles. The van der Waals surface area contributed by atoms with Crippen LogP contribution < -0.4 is 4.74 Å². The lowest BCUT2D eigenvalue weighted by Gasteiger charge is -2.15. The average molecular weight is 316 g/mol. The van der Waals surface area contributed by atoms with Gasteiger partial charge in [0, 0.05) is 5.92 Å². The molecular weight excluding hydrogens is 299 g/mol. The smallest absolute Gasteiger partial charge is 0.313 e. The lowest BCUT2D eigenvalue weighted by Crippen LogP contribution is -2.25. The predicted octanol–water partition coefficient (Wildman–Crippen LogP) is 2.87. The molecule has 1 fully saturated rings. The Morgan fingerprint density at radius 3 is 2.91 bits per heavy atom. The number of nitrogens with zero attached hydrogens (tertiary/aromatic N) is 2. The second kappa shape index (κ2) is 5.61. The van der Waals surface area contributed by atoms with Crippen LogP contribution in [0.5, 0.6) is 5.75 Å². The number of ether oxygens (including phenoxy) is 1. The Morgan fingerprint density at radius 2 is 2.26 bits per heavy atom. The third-order valence-corrected chi connectivity index (χ3v) is 4.29. The van der Waals surface area contributed by atoms with Crippen LogP contribution in [0.4, 0.5) is 4.39 Å². The van der Waals surface area contributed by atoms with Crippen LogP contribution in [0.3, 0.4) is 0 Å². The molecule has 1 aliphatic carbocycles. The van der Waals surface area contributed by atoms with E-state index in [0.717, 1.165) is 0 Å². The van der Waals surface area contributed by atoms with Crippen LogP contribution in [0.15, 0.2) is 30.5 Å². The quantitative estimate of drug-likeness (QED) is 0.918. The topological polar surface area (TPSA) is 72.3 Å². The maximum absolute atomic E-state index is 13.4. The fraction of sp³-hybridized carbons (Fsp3) is 0.353. The Morgan fingerprint density at radius 1 is 1.48 bits per heavy atom. The summed E-state index contributed by atoms with van der Waals surface area (Å²) in [5.41, 5.74) is 0.333. The van der Waals surface area contributed by atoms with Gasteiger partial charge >= 0.3 is 5.97 Å². The highest BCUT2D eigenvalue weighted by Gasteiger charge is 2.62. The summed E-state index contributed by atoms with van der Waals surface area (Å²) in [7, 11) is 0. The van der Waals surface area contributed by atoms with Crippen molar-refractivity contribution < 1.29 is 19.0 Å². The van der Waals surface area contributed by atoms with Crippen LogP contribution in [0.1, 0.15) is 29.4 Å². The second-order valence-corrected chi connectivity index (χ2v) is 5.93. The predicted molar refractivity (Wildman–Crippen MR) is 80.8 cm³/mol. The molecule has 5 nitrogen and oxygen atoms in total. The van der Waals surface area contributed by atoms with E-state index in [1.165, 1.54) is 12.1 Å². The molecule has 1 saturated carbocycles. The number of carbonyl (C=O) groups is 1. The van der Waals surface area contributed by atoms with Crippen LogP contribution in [-0.2, 0) is 4.79 Å². The normalized spacial score (nSPS) is 22.7. The first kappa shape index (κ1) is 15.4. The van der Waals surface area contributed by atoms with E-state index in [-0.39, 0.29) is 18.3 Å². The summed E-state index contributed by atoms with van der Waals surface area (Å²) in [5.74, 6) is -0.440. The van der Waals surface area contributed by atoms with E-state index >= 15 is 0 Å². The number of hydrogen-bond donors (Lipinski definition) is 1. The Bertz CT molecular complexity index is 765. The van der Waals surface area contributed by atoms with E-state index in [4.69, 9.17) is 4.74 Å². The second-order valence-electron chi connectivity index (χ2n) is 5.93. The van der Waals surface area contributed by atoms with E-state index in [0.29, 0.717) is 29.3 Å². The Hall–Kier alpha value is -2.50. The molecule has 1 aliphatic rings. The average Bonchev–Trinajstić information content (AvgIpc) is 3.22. The molecule has 0 bridgehead atoms. The fourth-order valence-corrected chi connectivity index (χ4v) is 2.84. The minimum Gasteiger partial charge on any atom is -0.489 e. The molecule has 0 aliphatic heterocycles. The van der Waals surface area contributed by atoms with Crippen molar-refractivity contribution in [2.45, 2.75) is 26.2 Å². The zero-order valence-corrected chi connectivity index (χ0v) is 12.9. The number of hydrogen-bond acceptors (Lipinski definition) is 4. The molecule has 0 amide bonds. The molecule has 6 heteroatoms. The van der Waals surface area contributed by atoms with Crippen molar-refractivity contribution in [3.63, 3.8) is 0 Å². The van der Waals surface area contributed by atoms with Crippen molar-refractivity contribution in [3.05, 3.63) is 53.4 Å². The van der Waals surface area contributed by atoms with Crippen LogP contribution in [0.2, 0.25) is 0 Å². The molecule has 2 atom stereocenters. The molecule has 1 aromatic carbocycles. The van der Waals surface area contributed by atoms with Crippen LogP contribution >= 0.6 is 0 Å². The van der Waals surface area contributed by atoms with E-state index in [9.17, 15) is 14.3 Å². The van der Waals surface area contributed by atoms with Gasteiger partial charge in [-0.1, -0.05) is 12.1 Å². The molecule has 0 spiro atoms. The Labute approximate surface area is 133 Å². The zero-order valence-electron chi connectivity index (χ0n) is 12.9. The summed E-state index contributed by atoms with van der Waals surface area (Å²) in [6.07, 6.45) is 1.98. The number of aliphatic carboxylic acids is 1. The summed E-state index contributed by atoms with van der Waals surface area (Å²) in [5, 5.41) is 9.59. The Balaban J connectivity index is 1.77. The first-order valence-corrected chi connectivity index (χ1v) is 7.34. The first-order valence-electron chi connectivity index (χ1n) is 7.34. The van der Waals surface area contributed by atoms with Gasteiger partial charge in [-0.2, -0.15) is 0 Å². The standard InChI is InChI=1S/C17H17FN2O3/c1-10-15(8-19-11(2)20-10)23-9-17(16(21)22)7-14(17)12-4-3-5-13(18)6-12/h3-6,8,14H,7,9H2,1-2H3,(H,21,22). The number of aryl methyl sites for hydroxylation is 2. The largest absolute Gasteiger partial charge is 0.489 e. The third-order valence-electron chi connectivity index (χ3n) is 4.29. The molecule has 2 aromatic rings. The van der Waals surface area contributed by atoms with Crippen molar-refractivity contribution in [2.75, 3.05) is 6.61 Å². The molecular formula is C17H17FN2O3. The van der Waals surface area contributed by atoms with E-state index in [1.807, 2.05) is 0 Å². The summed E-state index contributed by atoms with van der Waals surface area (Å²) in [4.78, 5) is 20.0. The zero-order chi connectivity index (χ0) is 16.6. The van der Waals surface area contributed by atoms with E-state index in [1.54, 1.807) is 32.2 Å². The summed E-state index contributed by atoms with van der Waals surface area (Å²) in [6, 6.07) is 6.07. The van der Waals surface area contributed by atoms with Gasteiger partial charge in [-0.05, 0) is 38.0 Å². The molecule has 0 saturated heterocycles. The van der Waals surface area contributed by atoms with Crippen LogP contribution in [0, 0.1) is 25.1 Å². The number of carboxylic acid groups (broad SMARTS) is 1. The molecule has 23 heavy (non-hydrogen) atoms. The van der Waals surface area contributed by atoms with Gasteiger partial charge in [0.25, 0.3) is 0 Å². The highest BCUT2D eigenvalue weighted by molar-refractivity contribution is 5.80. The van der Waals surface area contributed by atoms with Gasteiger partial charge in [0.05, 0.1) is 11.9 Å². The first-order chi connectivity index (χ1) is 10.9. The van der Waals surface area contributed by atoms with Crippen molar-refractivity contribution in [3.8, 4) is 5.75 Å². The minimum atomic E-state index is -1.02. The SMILES string of the molecule is Cc1ncc(OCC2(C(=O)O)CC2c2cccc(F)c2)c(C)n1. The van der Waals surface area contributed by atoms with Crippen molar-refractivity contribution in [1.82, 2.24) is 9.97 Å². The monoisotopic (exact) mass is 316 g/mol. The summed E-state index contributed by atoms with van der Waals surface area (Å²) in [6.45, 7) is 3.57. The molecule has 1 heterocycles. The van der Waals surface area contributed by atoms with Gasteiger partial charge in [0.15, 0.2) is 5.75 Å². The van der Waals surface area contributed by atoms with Crippen molar-refractivity contribution in [1.29, 1.82) is 0 Å². The number of halogens is 1. The van der Waals surface area contributed by atoms with E-state index < -0.39 is 11.4 Å². The molecule has 120 valence electrons. The van der Waals surface area contributed by atoms with Gasteiger partial charge < -0.3 is 9.84 Å². The van der Waals surface area contributed by atoms with Gasteiger partial charge in [-0.25, -0.2) is 14.4 Å².